The number of phenolic OH excluding ortho intramolecular Hbond substituents is 1. The van der Waals surface area contributed by atoms with E-state index in [4.69, 9.17) is 28.1 Å². The van der Waals surface area contributed by atoms with Crippen LogP contribution in [-0.4, -0.2) is 68.7 Å². The molecule has 1 N–H and O–H groups in total. The number of hydrogen-bond acceptors (Lipinski definition) is 10. The zero-order chi connectivity index (χ0) is 39.7. The van der Waals surface area contributed by atoms with Crippen LogP contribution in [0.5, 0.6) is 34.5 Å². The number of methoxy groups -OCH3 is 1. The van der Waals surface area contributed by atoms with E-state index in [1.807, 2.05) is 55.3 Å². The van der Waals surface area contributed by atoms with Crippen LogP contribution in [-0.2, 0) is 27.4 Å². The molecule has 12 heteroatoms. The highest BCUT2D eigenvalue weighted by molar-refractivity contribution is 6.74. The van der Waals surface area contributed by atoms with Crippen LogP contribution in [0, 0.1) is 13.8 Å². The molecular formula is C43H52N2O9Si. The fraction of sp³-hybridized carbons (Fsp3) is 0.442. The van der Waals surface area contributed by atoms with Gasteiger partial charge in [0.2, 0.25) is 12.7 Å². The molecule has 2 bridgehead atoms. The van der Waals surface area contributed by atoms with Crippen LogP contribution in [0.4, 0.5) is 0 Å². The second-order valence-corrected chi connectivity index (χ2v) is 21.1. The quantitative estimate of drug-likeness (QED) is 0.130. The van der Waals surface area contributed by atoms with Crippen molar-refractivity contribution in [1.29, 1.82) is 0 Å². The second kappa shape index (κ2) is 14.0. The molecule has 7 rings (SSSR count). The van der Waals surface area contributed by atoms with E-state index in [1.165, 1.54) is 0 Å². The summed E-state index contributed by atoms with van der Waals surface area (Å²) in [5.41, 5.74) is 6.15. The number of aromatic hydroxyl groups is 1. The minimum Gasteiger partial charge on any atom is -0.543 e. The highest BCUT2D eigenvalue weighted by Crippen LogP contribution is 2.60. The van der Waals surface area contributed by atoms with Crippen LogP contribution in [0.3, 0.4) is 0 Å². The maximum atomic E-state index is 15.0. The number of likely N-dealkylation sites (N-methyl/N-ethyl adjacent to an activating group) is 1. The number of fused-ring (bicyclic) bond motifs is 9. The largest absolute Gasteiger partial charge is 0.543 e. The average Bonchev–Trinajstić information content (AvgIpc) is 3.64. The van der Waals surface area contributed by atoms with Crippen molar-refractivity contribution in [3.63, 3.8) is 0 Å². The van der Waals surface area contributed by atoms with Crippen molar-refractivity contribution in [3.05, 3.63) is 86.6 Å². The molecule has 0 saturated carbocycles. The van der Waals surface area contributed by atoms with Gasteiger partial charge in [-0.3, -0.25) is 9.69 Å². The Morgan fingerprint density at radius 3 is 2.38 bits per heavy atom. The summed E-state index contributed by atoms with van der Waals surface area (Å²) < 4.78 is 38.2. The Balaban J connectivity index is 1.50. The van der Waals surface area contributed by atoms with Gasteiger partial charge in [-0.25, -0.2) is 4.79 Å². The van der Waals surface area contributed by atoms with Crippen LogP contribution in [0.2, 0.25) is 18.1 Å². The third-order valence-electron chi connectivity index (χ3n) is 12.1. The molecule has 0 spiro atoms. The number of amides is 1. The topological polar surface area (TPSA) is 116 Å². The first-order valence-corrected chi connectivity index (χ1v) is 21.7. The van der Waals surface area contributed by atoms with Gasteiger partial charge in [-0.05, 0) is 64.5 Å². The normalized spacial score (nSPS) is 20.3. The van der Waals surface area contributed by atoms with Crippen molar-refractivity contribution in [2.45, 2.75) is 97.8 Å². The molecule has 3 aromatic carbocycles. The number of ether oxygens (including phenoxy) is 5. The number of phenols is 1. The molecule has 4 heterocycles. The van der Waals surface area contributed by atoms with Crippen molar-refractivity contribution in [1.82, 2.24) is 9.80 Å². The van der Waals surface area contributed by atoms with Gasteiger partial charge in [-0.15, -0.1) is 0 Å². The Bertz CT molecular complexity index is 2140. The van der Waals surface area contributed by atoms with Crippen LogP contribution in [0.15, 0.2) is 47.7 Å². The Labute approximate surface area is 324 Å². The molecule has 1 saturated heterocycles. The Hall–Kier alpha value is -4.94. The van der Waals surface area contributed by atoms with Crippen molar-refractivity contribution in [3.8, 4) is 34.5 Å². The van der Waals surface area contributed by atoms with Gasteiger partial charge in [0.25, 0.3) is 8.32 Å². The number of carbonyl (C=O) groups is 2. The summed E-state index contributed by atoms with van der Waals surface area (Å²) in [6.07, 6.45) is 3.94. The summed E-state index contributed by atoms with van der Waals surface area (Å²) in [6.45, 7) is 18.3. The lowest BCUT2D eigenvalue weighted by atomic mass is 9.77. The van der Waals surface area contributed by atoms with Gasteiger partial charge < -0.3 is 38.1 Å². The van der Waals surface area contributed by atoms with Gasteiger partial charge in [-0.2, -0.15) is 0 Å². The smallest absolute Gasteiger partial charge is 0.333 e. The molecule has 0 aromatic heterocycles. The monoisotopic (exact) mass is 768 g/mol. The standard InChI is InChI=1S/C43H52N2O9Si/c1-12-23(2)42(48)51-21-31-32-28(36(54-55(10,11)43(5,6)7)25(4)38-39(32)53-22-52-38)19-29-34-33-27(18-30(44(34)8)41(47)45(29)31)35(46)24(3)37(49-9)40(33)50-20-26-16-14-13-15-17-26/h12-17,19,30-31,34,46H,18,20-22H2,1-11H3/b23-12-/t30-,31+,34-/m1/s1. The van der Waals surface area contributed by atoms with E-state index in [0.29, 0.717) is 62.3 Å². The van der Waals surface area contributed by atoms with Gasteiger partial charge in [0, 0.05) is 51.1 Å². The second-order valence-electron chi connectivity index (χ2n) is 16.4. The molecule has 4 aliphatic rings. The number of piperazine rings is 1. The predicted octanol–water partition coefficient (Wildman–Crippen LogP) is 8.05. The van der Waals surface area contributed by atoms with Gasteiger partial charge in [0.1, 0.15) is 30.8 Å². The number of hydrogen-bond donors (Lipinski definition) is 1. The number of rotatable bonds is 9. The van der Waals surface area contributed by atoms with Gasteiger partial charge >= 0.3 is 5.97 Å². The minimum absolute atomic E-state index is 0.00274. The van der Waals surface area contributed by atoms with Gasteiger partial charge in [0.05, 0.1) is 19.2 Å². The van der Waals surface area contributed by atoms with E-state index in [-0.39, 0.29) is 43.1 Å². The third kappa shape index (κ3) is 6.14. The van der Waals surface area contributed by atoms with E-state index < -0.39 is 32.4 Å². The Morgan fingerprint density at radius 1 is 1.04 bits per heavy atom. The summed E-state index contributed by atoms with van der Waals surface area (Å²) in [5, 5.41) is 11.7. The Morgan fingerprint density at radius 2 is 1.73 bits per heavy atom. The highest BCUT2D eigenvalue weighted by atomic mass is 28.4. The molecular weight excluding hydrogens is 717 g/mol. The van der Waals surface area contributed by atoms with Crippen LogP contribution < -0.4 is 23.4 Å². The summed E-state index contributed by atoms with van der Waals surface area (Å²) in [4.78, 5) is 32.1. The third-order valence-corrected chi connectivity index (χ3v) is 16.5. The molecule has 3 aromatic rings. The van der Waals surface area contributed by atoms with Crippen LogP contribution in [0.25, 0.3) is 6.08 Å². The van der Waals surface area contributed by atoms with E-state index in [1.54, 1.807) is 38.9 Å². The van der Waals surface area contributed by atoms with Gasteiger partial charge in [0.15, 0.2) is 23.0 Å². The van der Waals surface area contributed by atoms with E-state index >= 15 is 4.79 Å². The average molecular weight is 769 g/mol. The highest BCUT2D eigenvalue weighted by Gasteiger charge is 2.54. The Kier molecular flexibility index (Phi) is 9.74. The first kappa shape index (κ1) is 38.3. The summed E-state index contributed by atoms with van der Waals surface area (Å²) in [6, 6.07) is 7.85. The SMILES string of the molecule is C/C=C(/C)C(=O)OC[C@H]1c2c(c(O[Si](C)(C)C(C)(C)C)c(C)c3c2OCO3)C=C2[C@@H]3c4c(c(O)c(C)c(OC)c4OCc4ccccc4)C[C@H](C(=O)N21)N3C. The predicted molar refractivity (Wildman–Crippen MR) is 211 cm³/mol. The number of nitrogens with zero attached hydrogens (tertiary/aromatic N) is 2. The lowest BCUT2D eigenvalue weighted by Crippen LogP contribution is -2.60. The first-order valence-electron chi connectivity index (χ1n) is 18.8. The van der Waals surface area contributed by atoms with E-state index in [2.05, 4.69) is 33.9 Å². The lowest BCUT2D eigenvalue weighted by molar-refractivity contribution is -0.150. The van der Waals surface area contributed by atoms with Crippen LogP contribution in [0.1, 0.15) is 85.6 Å². The van der Waals surface area contributed by atoms with Crippen molar-refractivity contribution >= 4 is 26.3 Å². The van der Waals surface area contributed by atoms with Crippen LogP contribution >= 0.6 is 0 Å². The number of esters is 1. The van der Waals surface area contributed by atoms with E-state index in [9.17, 15) is 9.90 Å². The number of allylic oxidation sites excluding steroid dienone is 1. The molecule has 0 radical (unpaired) electrons. The number of benzene rings is 3. The molecule has 3 atom stereocenters. The summed E-state index contributed by atoms with van der Waals surface area (Å²) in [7, 11) is 1.04. The van der Waals surface area contributed by atoms with Crippen molar-refractivity contribution in [2.75, 3.05) is 27.6 Å². The zero-order valence-corrected chi connectivity index (χ0v) is 34.7. The van der Waals surface area contributed by atoms with E-state index in [0.717, 1.165) is 16.7 Å². The molecule has 4 aliphatic heterocycles. The fourth-order valence-electron chi connectivity index (χ4n) is 7.89. The molecule has 55 heavy (non-hydrogen) atoms. The molecule has 1 fully saturated rings. The summed E-state index contributed by atoms with van der Waals surface area (Å²) in [5.74, 6) is 2.04. The maximum Gasteiger partial charge on any atom is 0.333 e. The molecule has 0 aliphatic carbocycles. The maximum absolute atomic E-state index is 15.0. The summed E-state index contributed by atoms with van der Waals surface area (Å²) >= 11 is 0. The lowest BCUT2D eigenvalue weighted by Gasteiger charge is -2.53. The van der Waals surface area contributed by atoms with Gasteiger partial charge in [-0.1, -0.05) is 57.2 Å². The zero-order valence-electron chi connectivity index (χ0n) is 33.7. The fourth-order valence-corrected chi connectivity index (χ4v) is 8.97. The molecule has 11 nitrogen and oxygen atoms in total. The molecule has 0 unspecified atom stereocenters. The first-order chi connectivity index (χ1) is 26.0. The van der Waals surface area contributed by atoms with Crippen molar-refractivity contribution < 1.29 is 42.8 Å². The molecule has 292 valence electrons. The number of carbonyl (C=O) groups excluding carboxylic acids is 2. The minimum atomic E-state index is -2.46. The van der Waals surface area contributed by atoms with Crippen molar-refractivity contribution in [2.24, 2.45) is 0 Å². The molecule has 1 amide bonds.